The smallest absolute Gasteiger partial charge is 0.223 e. The largest absolute Gasteiger partial charge is 0.361 e. The molecule has 2 aromatic heterocycles. The number of hydrogen-bond donors (Lipinski definition) is 1. The number of aromatic nitrogens is 2. The number of piperazine rings is 1. The average Bonchev–Trinajstić information content (AvgIpc) is 3.10. The fraction of sp³-hybridized carbons (Fsp3) is 0.533. The molecule has 1 fully saturated rings. The number of carbonyl (C=O) groups is 1. The van der Waals surface area contributed by atoms with Crippen LogP contribution >= 0.6 is 11.3 Å². The molecule has 1 amide bonds. The Kier molecular flexibility index (Phi) is 5.04. The zero-order chi connectivity index (χ0) is 16.2. The van der Waals surface area contributed by atoms with E-state index in [1.165, 1.54) is 18.3 Å². The Bertz CT molecular complexity index is 660. The van der Waals surface area contributed by atoms with E-state index in [2.05, 4.69) is 25.3 Å². The lowest BCUT2D eigenvalue weighted by Gasteiger charge is -2.33. The standard InChI is InChI=1S/C15H21N5O2S/c1-11-7-13(18-22-11)8-19-3-5-20(6-4-19)9-14-10-23-15(17-14)16-12(2)21/h7,10H,3-6,8-9H2,1-2H3,(H,16,17,21). The minimum absolute atomic E-state index is 0.0809. The topological polar surface area (TPSA) is 74.5 Å². The molecule has 0 spiro atoms. The molecule has 0 unspecified atom stereocenters. The third-order valence-corrected chi connectivity index (χ3v) is 4.55. The van der Waals surface area contributed by atoms with E-state index in [0.29, 0.717) is 5.13 Å². The fourth-order valence-corrected chi connectivity index (χ4v) is 3.39. The molecule has 2 aromatic rings. The number of nitrogens with one attached hydrogen (secondary N) is 1. The third kappa shape index (κ3) is 4.60. The van der Waals surface area contributed by atoms with Crippen LogP contribution in [0.1, 0.15) is 24.1 Å². The van der Waals surface area contributed by atoms with Gasteiger partial charge in [0.2, 0.25) is 5.91 Å². The zero-order valence-electron chi connectivity index (χ0n) is 13.4. The Hall–Kier alpha value is -1.77. The highest BCUT2D eigenvalue weighted by atomic mass is 32.1. The monoisotopic (exact) mass is 335 g/mol. The Morgan fingerprint density at radius 2 is 1.91 bits per heavy atom. The van der Waals surface area contributed by atoms with Crippen LogP contribution in [0.2, 0.25) is 0 Å². The molecule has 1 aliphatic heterocycles. The van der Waals surface area contributed by atoms with Gasteiger partial charge in [-0.3, -0.25) is 14.6 Å². The van der Waals surface area contributed by atoms with E-state index in [-0.39, 0.29) is 5.91 Å². The molecule has 3 heterocycles. The average molecular weight is 335 g/mol. The van der Waals surface area contributed by atoms with Crippen LogP contribution in [0, 0.1) is 6.92 Å². The summed E-state index contributed by atoms with van der Waals surface area (Å²) in [6.45, 7) is 9.10. The van der Waals surface area contributed by atoms with Gasteiger partial charge >= 0.3 is 0 Å². The first kappa shape index (κ1) is 16.1. The molecule has 0 bridgehead atoms. The van der Waals surface area contributed by atoms with Crippen LogP contribution in [0.4, 0.5) is 5.13 Å². The van der Waals surface area contributed by atoms with Gasteiger partial charge in [0.1, 0.15) is 5.76 Å². The summed E-state index contributed by atoms with van der Waals surface area (Å²) >= 11 is 1.47. The van der Waals surface area contributed by atoms with Crippen molar-refractivity contribution < 1.29 is 9.32 Å². The first-order chi connectivity index (χ1) is 11.1. The molecular formula is C15H21N5O2S. The van der Waals surface area contributed by atoms with Crippen molar-refractivity contribution in [1.82, 2.24) is 19.9 Å². The van der Waals surface area contributed by atoms with Crippen molar-refractivity contribution >= 4 is 22.4 Å². The number of rotatable bonds is 5. The van der Waals surface area contributed by atoms with Gasteiger partial charge in [0.05, 0.1) is 11.4 Å². The molecule has 0 atom stereocenters. The van der Waals surface area contributed by atoms with E-state index >= 15 is 0 Å². The van der Waals surface area contributed by atoms with Gasteiger partial charge in [-0.15, -0.1) is 11.3 Å². The number of hydrogen-bond acceptors (Lipinski definition) is 7. The lowest BCUT2D eigenvalue weighted by atomic mass is 10.2. The SMILES string of the molecule is CC(=O)Nc1nc(CN2CCN(Cc3cc(C)on3)CC2)cs1. The second-order valence-corrected chi connectivity index (χ2v) is 6.66. The molecule has 3 rings (SSSR count). The lowest BCUT2D eigenvalue weighted by Crippen LogP contribution is -2.45. The maximum atomic E-state index is 11.0. The maximum Gasteiger partial charge on any atom is 0.223 e. The van der Waals surface area contributed by atoms with Crippen molar-refractivity contribution in [2.45, 2.75) is 26.9 Å². The lowest BCUT2D eigenvalue weighted by molar-refractivity contribution is -0.114. The molecule has 8 heteroatoms. The first-order valence-corrected chi connectivity index (χ1v) is 8.55. The van der Waals surface area contributed by atoms with E-state index in [4.69, 9.17) is 4.52 Å². The number of aryl methyl sites for hydroxylation is 1. The Morgan fingerprint density at radius 1 is 1.26 bits per heavy atom. The number of nitrogens with zero attached hydrogens (tertiary/aromatic N) is 4. The van der Waals surface area contributed by atoms with Crippen molar-refractivity contribution in [3.63, 3.8) is 0 Å². The molecular weight excluding hydrogens is 314 g/mol. The summed E-state index contributed by atoms with van der Waals surface area (Å²) in [7, 11) is 0. The summed E-state index contributed by atoms with van der Waals surface area (Å²) in [5, 5.41) is 9.46. The molecule has 124 valence electrons. The highest BCUT2D eigenvalue weighted by Gasteiger charge is 2.19. The highest BCUT2D eigenvalue weighted by Crippen LogP contribution is 2.17. The Morgan fingerprint density at radius 3 is 2.48 bits per heavy atom. The molecule has 1 N–H and O–H groups in total. The molecule has 0 saturated carbocycles. The van der Waals surface area contributed by atoms with Gasteiger partial charge in [0.25, 0.3) is 0 Å². The van der Waals surface area contributed by atoms with Crippen LogP contribution in [0.5, 0.6) is 0 Å². The van der Waals surface area contributed by atoms with Gasteiger partial charge in [-0.1, -0.05) is 5.16 Å². The van der Waals surface area contributed by atoms with Crippen LogP contribution < -0.4 is 5.32 Å². The summed E-state index contributed by atoms with van der Waals surface area (Å²) in [6, 6.07) is 1.99. The van der Waals surface area contributed by atoms with Gasteiger partial charge in [-0.05, 0) is 6.92 Å². The van der Waals surface area contributed by atoms with Crippen LogP contribution in [0.15, 0.2) is 16.0 Å². The van der Waals surface area contributed by atoms with Gasteiger partial charge in [0, 0.05) is 57.6 Å². The molecule has 1 aliphatic rings. The molecule has 0 aromatic carbocycles. The second-order valence-electron chi connectivity index (χ2n) is 5.81. The van der Waals surface area contributed by atoms with E-state index in [9.17, 15) is 4.79 Å². The fourth-order valence-electron chi connectivity index (χ4n) is 2.64. The Labute approximate surface area is 139 Å². The summed E-state index contributed by atoms with van der Waals surface area (Å²) in [6.07, 6.45) is 0. The van der Waals surface area contributed by atoms with E-state index < -0.39 is 0 Å². The van der Waals surface area contributed by atoms with E-state index in [1.54, 1.807) is 0 Å². The second kappa shape index (κ2) is 7.20. The number of anilines is 1. The van der Waals surface area contributed by atoms with Crippen molar-refractivity contribution in [3.8, 4) is 0 Å². The van der Waals surface area contributed by atoms with Gasteiger partial charge in [0.15, 0.2) is 5.13 Å². The molecule has 1 saturated heterocycles. The van der Waals surface area contributed by atoms with Gasteiger partial charge < -0.3 is 9.84 Å². The van der Waals surface area contributed by atoms with Crippen LogP contribution in [0.3, 0.4) is 0 Å². The van der Waals surface area contributed by atoms with Crippen molar-refractivity contribution in [1.29, 1.82) is 0 Å². The van der Waals surface area contributed by atoms with E-state index in [0.717, 1.165) is 56.4 Å². The number of amides is 1. The third-order valence-electron chi connectivity index (χ3n) is 3.75. The van der Waals surface area contributed by atoms with Crippen molar-refractivity contribution in [3.05, 3.63) is 28.6 Å². The van der Waals surface area contributed by atoms with Crippen LogP contribution in [-0.2, 0) is 17.9 Å². The predicted molar refractivity (Wildman–Crippen MR) is 88.2 cm³/mol. The molecule has 0 aliphatic carbocycles. The summed E-state index contributed by atoms with van der Waals surface area (Å²) in [5.41, 5.74) is 2.01. The maximum absolute atomic E-state index is 11.0. The van der Waals surface area contributed by atoms with Crippen molar-refractivity contribution in [2.75, 3.05) is 31.5 Å². The number of thiazole rings is 1. The minimum atomic E-state index is -0.0809. The van der Waals surface area contributed by atoms with Gasteiger partial charge in [-0.2, -0.15) is 0 Å². The Balaban J connectivity index is 1.45. The normalized spacial score (nSPS) is 16.6. The van der Waals surface area contributed by atoms with Crippen LogP contribution in [-0.4, -0.2) is 52.0 Å². The quantitative estimate of drug-likeness (QED) is 0.897. The van der Waals surface area contributed by atoms with Crippen LogP contribution in [0.25, 0.3) is 0 Å². The summed E-state index contributed by atoms with van der Waals surface area (Å²) < 4.78 is 5.11. The number of carbonyl (C=O) groups excluding carboxylic acids is 1. The molecule has 0 radical (unpaired) electrons. The summed E-state index contributed by atoms with van der Waals surface area (Å²) in [4.78, 5) is 20.2. The van der Waals surface area contributed by atoms with Crippen molar-refractivity contribution in [2.24, 2.45) is 0 Å². The minimum Gasteiger partial charge on any atom is -0.361 e. The highest BCUT2D eigenvalue weighted by molar-refractivity contribution is 7.13. The van der Waals surface area contributed by atoms with E-state index in [1.807, 2.05) is 18.4 Å². The zero-order valence-corrected chi connectivity index (χ0v) is 14.2. The predicted octanol–water partition coefficient (Wildman–Crippen LogP) is 1.72. The molecule has 7 nitrogen and oxygen atoms in total. The molecule has 23 heavy (non-hydrogen) atoms. The first-order valence-electron chi connectivity index (χ1n) is 7.67. The summed E-state index contributed by atoms with van der Waals surface area (Å²) in [5.74, 6) is 0.778. The van der Waals surface area contributed by atoms with Gasteiger partial charge in [-0.25, -0.2) is 4.98 Å².